The molecule has 2 heterocycles. The van der Waals surface area contributed by atoms with Gasteiger partial charge < -0.3 is 24.8 Å². The summed E-state index contributed by atoms with van der Waals surface area (Å²) in [6.45, 7) is 3.85. The predicted molar refractivity (Wildman–Crippen MR) is 133 cm³/mol. The van der Waals surface area contributed by atoms with Crippen molar-refractivity contribution in [2.24, 2.45) is 0 Å². The van der Waals surface area contributed by atoms with Crippen LogP contribution < -0.4 is 14.8 Å². The molecule has 3 aromatic rings. The van der Waals surface area contributed by atoms with Crippen molar-refractivity contribution in [3.05, 3.63) is 53.2 Å². The maximum Gasteiger partial charge on any atom is 0.246 e. The molecule has 1 aromatic heterocycles. The Morgan fingerprint density at radius 1 is 1.26 bits per heavy atom. The first-order valence-corrected chi connectivity index (χ1v) is 11.3. The van der Waals surface area contributed by atoms with Gasteiger partial charge in [0.05, 0.1) is 42.4 Å². The number of hydrogen-bond acceptors (Lipinski definition) is 7. The second-order valence-electron chi connectivity index (χ2n) is 7.86. The number of anilines is 1. The zero-order chi connectivity index (χ0) is 24.4. The number of carbonyl (C=O) groups excluding carboxylic acids is 1. The van der Waals surface area contributed by atoms with Gasteiger partial charge in [-0.1, -0.05) is 35.8 Å². The van der Waals surface area contributed by atoms with Crippen LogP contribution in [-0.2, 0) is 4.79 Å². The number of ether oxygens (including phenoxy) is 2. The van der Waals surface area contributed by atoms with E-state index in [1.165, 1.54) is 20.3 Å². The van der Waals surface area contributed by atoms with E-state index < -0.39 is 0 Å². The van der Waals surface area contributed by atoms with Crippen molar-refractivity contribution < 1.29 is 19.4 Å². The van der Waals surface area contributed by atoms with Gasteiger partial charge in [-0.25, -0.2) is 9.97 Å². The second kappa shape index (κ2) is 10.0. The van der Waals surface area contributed by atoms with Crippen LogP contribution in [0.3, 0.4) is 0 Å². The fourth-order valence-corrected chi connectivity index (χ4v) is 4.88. The molecule has 1 amide bonds. The fourth-order valence-electron chi connectivity index (χ4n) is 4.16. The Morgan fingerprint density at radius 3 is 2.59 bits per heavy atom. The van der Waals surface area contributed by atoms with Crippen LogP contribution in [0.4, 0.5) is 5.95 Å². The molecule has 0 saturated carbocycles. The number of methoxy groups -OCH3 is 2. The Kier molecular flexibility index (Phi) is 7.11. The third kappa shape index (κ3) is 4.49. The van der Waals surface area contributed by atoms with Crippen molar-refractivity contribution in [3.63, 3.8) is 0 Å². The summed E-state index contributed by atoms with van der Waals surface area (Å²) in [7, 11) is 3.06. The minimum Gasteiger partial charge on any atom is -0.495 e. The number of nitrogens with zero attached hydrogens (tertiary/aromatic N) is 3. The molecule has 0 bridgehead atoms. The third-order valence-corrected chi connectivity index (χ3v) is 6.61. The van der Waals surface area contributed by atoms with E-state index in [2.05, 4.69) is 21.9 Å². The molecule has 4 rings (SSSR count). The van der Waals surface area contributed by atoms with Crippen molar-refractivity contribution in [1.82, 2.24) is 14.9 Å². The van der Waals surface area contributed by atoms with Gasteiger partial charge in [-0.05, 0) is 30.2 Å². The average Bonchev–Trinajstić information content (AvgIpc) is 3.26. The Balaban J connectivity index is 1.62. The summed E-state index contributed by atoms with van der Waals surface area (Å²) in [6, 6.07) is 6.92. The zero-order valence-electron chi connectivity index (χ0n) is 18.7. The first-order chi connectivity index (χ1) is 16.4. The van der Waals surface area contributed by atoms with Gasteiger partial charge in [0.2, 0.25) is 11.9 Å². The highest BCUT2D eigenvalue weighted by Gasteiger charge is 2.34. The zero-order valence-corrected chi connectivity index (χ0v) is 20.2. The molecule has 0 aliphatic carbocycles. The summed E-state index contributed by atoms with van der Waals surface area (Å²) >= 11 is 13.1. The van der Waals surface area contributed by atoms with Crippen LogP contribution in [0, 0.1) is 0 Å². The number of benzene rings is 2. The van der Waals surface area contributed by atoms with E-state index in [9.17, 15) is 9.90 Å². The Hall–Kier alpha value is -3.07. The predicted octanol–water partition coefficient (Wildman–Crippen LogP) is 4.18. The normalized spacial score (nSPS) is 17.6. The summed E-state index contributed by atoms with van der Waals surface area (Å²) in [5.41, 5.74) is 2.08. The number of hydrogen-bond donors (Lipinski definition) is 2. The molecule has 1 aliphatic heterocycles. The molecule has 0 radical (unpaired) electrons. The monoisotopic (exact) mass is 502 g/mol. The van der Waals surface area contributed by atoms with Gasteiger partial charge in [0.1, 0.15) is 11.5 Å². The maximum absolute atomic E-state index is 12.0. The fraction of sp³-hybridized carbons (Fsp3) is 0.292. The third-order valence-electron chi connectivity index (χ3n) is 5.86. The molecule has 2 aromatic carbocycles. The van der Waals surface area contributed by atoms with Crippen LogP contribution in [-0.4, -0.2) is 65.3 Å². The van der Waals surface area contributed by atoms with E-state index in [4.69, 9.17) is 32.7 Å². The number of halogens is 2. The van der Waals surface area contributed by atoms with Crippen LogP contribution in [0.2, 0.25) is 10.0 Å². The highest BCUT2D eigenvalue weighted by atomic mass is 35.5. The molecule has 34 heavy (non-hydrogen) atoms. The van der Waals surface area contributed by atoms with Crippen LogP contribution in [0.25, 0.3) is 22.0 Å². The SMILES string of the molecule is C=CC(=O)N1C[C@@H](Nc2ncc3cc(-c4c(Cl)c(OC)cc(OC)c4Cl)ccc3n2)C[C@@H]1CO. The van der Waals surface area contributed by atoms with E-state index in [-0.39, 0.29) is 24.6 Å². The molecule has 8 nitrogen and oxygen atoms in total. The molecular weight excluding hydrogens is 479 g/mol. The lowest BCUT2D eigenvalue weighted by Crippen LogP contribution is -2.37. The minimum atomic E-state index is -0.264. The number of fused-ring (bicyclic) bond motifs is 1. The highest BCUT2D eigenvalue weighted by molar-refractivity contribution is 6.41. The van der Waals surface area contributed by atoms with E-state index in [1.54, 1.807) is 17.2 Å². The number of aliphatic hydroxyl groups is 1. The summed E-state index contributed by atoms with van der Waals surface area (Å²) in [4.78, 5) is 22.7. The molecule has 2 N–H and O–H groups in total. The Morgan fingerprint density at radius 2 is 1.97 bits per heavy atom. The first-order valence-electron chi connectivity index (χ1n) is 10.6. The van der Waals surface area contributed by atoms with Gasteiger partial charge in [0.15, 0.2) is 0 Å². The van der Waals surface area contributed by atoms with Crippen LogP contribution in [0.1, 0.15) is 6.42 Å². The second-order valence-corrected chi connectivity index (χ2v) is 8.62. The largest absolute Gasteiger partial charge is 0.495 e. The minimum absolute atomic E-state index is 0.0837. The van der Waals surface area contributed by atoms with Crippen molar-refractivity contribution in [2.45, 2.75) is 18.5 Å². The van der Waals surface area contributed by atoms with E-state index in [1.807, 2.05) is 18.2 Å². The van der Waals surface area contributed by atoms with E-state index in [0.29, 0.717) is 46.0 Å². The number of likely N-dealkylation sites (tertiary alicyclic amines) is 1. The Labute approximate surface area is 207 Å². The molecular formula is C24H24Cl2N4O4. The lowest BCUT2D eigenvalue weighted by atomic mass is 10.0. The summed E-state index contributed by atoms with van der Waals surface area (Å²) in [6.07, 6.45) is 3.55. The summed E-state index contributed by atoms with van der Waals surface area (Å²) in [5.74, 6) is 1.14. The van der Waals surface area contributed by atoms with Gasteiger partial charge in [-0.2, -0.15) is 0 Å². The van der Waals surface area contributed by atoms with Gasteiger partial charge in [-0.3, -0.25) is 4.79 Å². The van der Waals surface area contributed by atoms with Crippen molar-refractivity contribution in [2.75, 3.05) is 32.7 Å². The number of carbonyl (C=O) groups is 1. The standard InChI is InChI=1S/C24H24Cl2N4O4/c1-4-20(32)30-11-15(8-16(30)12-31)28-24-27-10-14-7-13(5-6-17(14)29-24)21-22(25)18(33-2)9-19(34-3)23(21)26/h4-7,9-10,15-16,31H,1,8,11-12H2,2-3H3,(H,27,28,29)/t15-,16+/m0/s1. The molecule has 1 saturated heterocycles. The molecule has 0 spiro atoms. The van der Waals surface area contributed by atoms with Crippen molar-refractivity contribution in [3.8, 4) is 22.6 Å². The van der Waals surface area contributed by atoms with Crippen LogP contribution >= 0.6 is 23.2 Å². The topological polar surface area (TPSA) is 96.8 Å². The highest BCUT2D eigenvalue weighted by Crippen LogP contribution is 2.46. The van der Waals surface area contributed by atoms with Gasteiger partial charge in [-0.15, -0.1) is 0 Å². The Bertz CT molecular complexity index is 1230. The van der Waals surface area contributed by atoms with E-state index in [0.717, 1.165) is 16.5 Å². The van der Waals surface area contributed by atoms with Crippen LogP contribution in [0.15, 0.2) is 43.1 Å². The molecule has 1 aliphatic rings. The number of rotatable bonds is 7. The number of aromatic nitrogens is 2. The lowest BCUT2D eigenvalue weighted by molar-refractivity contribution is -0.127. The smallest absolute Gasteiger partial charge is 0.246 e. The number of aliphatic hydroxyl groups excluding tert-OH is 1. The van der Waals surface area contributed by atoms with Crippen molar-refractivity contribution in [1.29, 1.82) is 0 Å². The van der Waals surface area contributed by atoms with Crippen LogP contribution in [0.5, 0.6) is 11.5 Å². The van der Waals surface area contributed by atoms with Gasteiger partial charge in [0, 0.05) is 35.8 Å². The molecule has 10 heteroatoms. The number of amides is 1. The van der Waals surface area contributed by atoms with Crippen molar-refractivity contribution >= 4 is 46.0 Å². The lowest BCUT2D eigenvalue weighted by Gasteiger charge is -2.20. The molecule has 0 unspecified atom stereocenters. The molecule has 2 atom stereocenters. The quantitative estimate of drug-likeness (QED) is 0.467. The maximum atomic E-state index is 12.0. The van der Waals surface area contributed by atoms with E-state index >= 15 is 0 Å². The molecule has 1 fully saturated rings. The van der Waals surface area contributed by atoms with Gasteiger partial charge in [0.25, 0.3) is 0 Å². The molecule has 178 valence electrons. The first kappa shape index (κ1) is 24.1. The summed E-state index contributed by atoms with van der Waals surface area (Å²) < 4.78 is 10.7. The summed E-state index contributed by atoms with van der Waals surface area (Å²) in [5, 5.41) is 14.4. The average molecular weight is 503 g/mol. The van der Waals surface area contributed by atoms with Gasteiger partial charge >= 0.3 is 0 Å². The number of nitrogens with one attached hydrogen (secondary N) is 1.